The number of carbonyl (C=O) groups excluding carboxylic acids is 1. The molecule has 0 aromatic heterocycles. The first-order valence-corrected chi connectivity index (χ1v) is 10.9. The lowest BCUT2D eigenvalue weighted by Gasteiger charge is -2.29. The topological polar surface area (TPSA) is 66.5 Å². The molecular formula is C21H21ClN2O3S. The van der Waals surface area contributed by atoms with Crippen molar-refractivity contribution in [3.05, 3.63) is 71.2 Å². The van der Waals surface area contributed by atoms with Crippen LogP contribution in [0.25, 0.3) is 10.8 Å². The van der Waals surface area contributed by atoms with Gasteiger partial charge >= 0.3 is 0 Å². The molecule has 1 N–H and O–H groups in total. The third-order valence-electron chi connectivity index (χ3n) is 4.51. The van der Waals surface area contributed by atoms with E-state index in [0.29, 0.717) is 22.0 Å². The van der Waals surface area contributed by atoms with Gasteiger partial charge in [0, 0.05) is 10.7 Å². The molecule has 0 saturated carbocycles. The highest BCUT2D eigenvalue weighted by atomic mass is 35.5. The van der Waals surface area contributed by atoms with Crippen molar-refractivity contribution in [3.63, 3.8) is 0 Å². The van der Waals surface area contributed by atoms with Crippen LogP contribution in [0.4, 0.5) is 11.4 Å². The Morgan fingerprint density at radius 1 is 1.04 bits per heavy atom. The molecule has 0 aliphatic carbocycles. The van der Waals surface area contributed by atoms with Crippen molar-refractivity contribution >= 4 is 49.7 Å². The van der Waals surface area contributed by atoms with Gasteiger partial charge in [-0.25, -0.2) is 8.42 Å². The monoisotopic (exact) mass is 416 g/mol. The smallest absolute Gasteiger partial charge is 0.247 e. The predicted octanol–water partition coefficient (Wildman–Crippen LogP) is 4.59. The first-order valence-electron chi connectivity index (χ1n) is 8.72. The van der Waals surface area contributed by atoms with Crippen molar-refractivity contribution in [1.82, 2.24) is 0 Å². The van der Waals surface area contributed by atoms with Crippen LogP contribution < -0.4 is 9.62 Å². The third kappa shape index (κ3) is 4.29. The fraction of sp³-hybridized carbons (Fsp3) is 0.190. The van der Waals surface area contributed by atoms with Gasteiger partial charge in [-0.2, -0.15) is 0 Å². The van der Waals surface area contributed by atoms with E-state index in [1.165, 1.54) is 0 Å². The van der Waals surface area contributed by atoms with E-state index < -0.39 is 22.0 Å². The SMILES string of the molecule is Cc1ccc(Cl)cc1N([C@@H](C)C(=O)Nc1ccc2ccccc2c1)S(C)(=O)=O. The van der Waals surface area contributed by atoms with Crippen molar-refractivity contribution in [2.24, 2.45) is 0 Å². The molecule has 0 unspecified atom stereocenters. The summed E-state index contributed by atoms with van der Waals surface area (Å²) in [5, 5.41) is 5.25. The Hall–Kier alpha value is -2.57. The molecule has 7 heteroatoms. The first kappa shape index (κ1) is 20.2. The van der Waals surface area contributed by atoms with Crippen LogP contribution in [0.5, 0.6) is 0 Å². The fourth-order valence-corrected chi connectivity index (χ4v) is 4.51. The minimum atomic E-state index is -3.71. The lowest BCUT2D eigenvalue weighted by atomic mass is 10.1. The van der Waals surface area contributed by atoms with Crippen LogP contribution in [0.3, 0.4) is 0 Å². The molecule has 146 valence electrons. The summed E-state index contributed by atoms with van der Waals surface area (Å²) in [6.45, 7) is 3.33. The van der Waals surface area contributed by atoms with Gasteiger partial charge in [0.05, 0.1) is 11.9 Å². The summed E-state index contributed by atoms with van der Waals surface area (Å²) in [6.07, 6.45) is 1.08. The molecule has 0 radical (unpaired) electrons. The highest BCUT2D eigenvalue weighted by Crippen LogP contribution is 2.29. The molecule has 0 aliphatic rings. The lowest BCUT2D eigenvalue weighted by molar-refractivity contribution is -0.116. The second-order valence-corrected chi connectivity index (χ2v) is 9.01. The molecule has 1 atom stereocenters. The molecule has 5 nitrogen and oxygen atoms in total. The van der Waals surface area contributed by atoms with E-state index >= 15 is 0 Å². The number of sulfonamides is 1. The molecule has 3 aromatic carbocycles. The van der Waals surface area contributed by atoms with Gasteiger partial charge in [-0.1, -0.05) is 48.0 Å². The number of rotatable bonds is 5. The maximum absolute atomic E-state index is 12.9. The number of benzene rings is 3. The minimum absolute atomic E-state index is 0.385. The van der Waals surface area contributed by atoms with Crippen molar-refractivity contribution in [3.8, 4) is 0 Å². The highest BCUT2D eigenvalue weighted by Gasteiger charge is 2.30. The molecule has 3 rings (SSSR count). The average molecular weight is 417 g/mol. The van der Waals surface area contributed by atoms with Gasteiger partial charge in [0.1, 0.15) is 6.04 Å². The van der Waals surface area contributed by atoms with Crippen molar-refractivity contribution in [2.45, 2.75) is 19.9 Å². The molecule has 0 spiro atoms. The number of aryl methyl sites for hydroxylation is 1. The lowest BCUT2D eigenvalue weighted by Crippen LogP contribution is -2.45. The van der Waals surface area contributed by atoms with Crippen molar-refractivity contribution < 1.29 is 13.2 Å². The number of anilines is 2. The van der Waals surface area contributed by atoms with Gasteiger partial charge in [0.15, 0.2) is 0 Å². The minimum Gasteiger partial charge on any atom is -0.324 e. The summed E-state index contributed by atoms with van der Waals surface area (Å²) in [6, 6.07) is 17.4. The summed E-state index contributed by atoms with van der Waals surface area (Å²) >= 11 is 6.06. The molecule has 0 bridgehead atoms. The molecule has 0 heterocycles. The van der Waals surface area contributed by atoms with Gasteiger partial charge in [0.25, 0.3) is 0 Å². The summed E-state index contributed by atoms with van der Waals surface area (Å²) in [5.41, 5.74) is 1.70. The quantitative estimate of drug-likeness (QED) is 0.661. The van der Waals surface area contributed by atoms with E-state index in [1.807, 2.05) is 36.4 Å². The maximum Gasteiger partial charge on any atom is 0.247 e. The van der Waals surface area contributed by atoms with Crippen LogP contribution in [0, 0.1) is 6.92 Å². The largest absolute Gasteiger partial charge is 0.324 e. The maximum atomic E-state index is 12.9. The number of amides is 1. The average Bonchev–Trinajstić information content (AvgIpc) is 2.63. The van der Waals surface area contributed by atoms with Crippen LogP contribution >= 0.6 is 11.6 Å². The Balaban J connectivity index is 1.92. The molecule has 0 aliphatic heterocycles. The highest BCUT2D eigenvalue weighted by molar-refractivity contribution is 7.92. The Labute approximate surface area is 170 Å². The first-order chi connectivity index (χ1) is 13.2. The predicted molar refractivity (Wildman–Crippen MR) is 116 cm³/mol. The Morgan fingerprint density at radius 3 is 2.39 bits per heavy atom. The van der Waals surface area contributed by atoms with Gasteiger partial charge in [0.2, 0.25) is 15.9 Å². The van der Waals surface area contributed by atoms with E-state index in [-0.39, 0.29) is 0 Å². The summed E-state index contributed by atoms with van der Waals surface area (Å²) in [4.78, 5) is 12.9. The number of halogens is 1. The third-order valence-corrected chi connectivity index (χ3v) is 5.98. The van der Waals surface area contributed by atoms with Crippen LogP contribution in [0.15, 0.2) is 60.7 Å². The molecule has 1 amide bonds. The second kappa shape index (κ2) is 7.81. The van der Waals surface area contributed by atoms with E-state index in [4.69, 9.17) is 11.6 Å². The van der Waals surface area contributed by atoms with Gasteiger partial charge in [-0.15, -0.1) is 0 Å². The molecule has 3 aromatic rings. The van der Waals surface area contributed by atoms with Crippen LogP contribution in [-0.4, -0.2) is 26.6 Å². The zero-order chi connectivity index (χ0) is 20.5. The Kier molecular flexibility index (Phi) is 5.63. The van der Waals surface area contributed by atoms with Crippen LogP contribution in [0.1, 0.15) is 12.5 Å². The summed E-state index contributed by atoms with van der Waals surface area (Å²) in [7, 11) is -3.71. The number of nitrogens with one attached hydrogen (secondary N) is 1. The zero-order valence-electron chi connectivity index (χ0n) is 15.8. The second-order valence-electron chi connectivity index (χ2n) is 6.72. The van der Waals surface area contributed by atoms with Gasteiger partial charge in [-0.05, 0) is 54.4 Å². The van der Waals surface area contributed by atoms with Gasteiger partial charge < -0.3 is 5.32 Å². The standard InChI is InChI=1S/C21H21ClN2O3S/c1-14-8-10-18(22)13-20(14)24(28(3,26)27)15(2)21(25)23-19-11-9-16-6-4-5-7-17(16)12-19/h4-13,15H,1-3H3,(H,23,25)/t15-/m0/s1. The number of carbonyl (C=O) groups is 1. The normalized spacial score (nSPS) is 12.6. The van der Waals surface area contributed by atoms with Crippen molar-refractivity contribution in [2.75, 3.05) is 15.9 Å². The van der Waals surface area contributed by atoms with Crippen molar-refractivity contribution in [1.29, 1.82) is 0 Å². The molecule has 0 fully saturated rings. The van der Waals surface area contributed by atoms with E-state index in [2.05, 4.69) is 5.32 Å². The Bertz CT molecular complexity index is 1150. The molecular weight excluding hydrogens is 396 g/mol. The molecule has 0 saturated heterocycles. The summed E-state index contributed by atoms with van der Waals surface area (Å²) in [5.74, 6) is -0.430. The van der Waals surface area contributed by atoms with E-state index in [9.17, 15) is 13.2 Å². The number of nitrogens with zero attached hydrogens (tertiary/aromatic N) is 1. The van der Waals surface area contributed by atoms with Crippen LogP contribution in [-0.2, 0) is 14.8 Å². The van der Waals surface area contributed by atoms with Crippen LogP contribution in [0.2, 0.25) is 5.02 Å². The van der Waals surface area contributed by atoms with E-state index in [1.54, 1.807) is 38.1 Å². The Morgan fingerprint density at radius 2 is 1.71 bits per heavy atom. The van der Waals surface area contributed by atoms with Gasteiger partial charge in [-0.3, -0.25) is 9.10 Å². The number of hydrogen-bond acceptors (Lipinski definition) is 3. The number of fused-ring (bicyclic) bond motifs is 1. The fourth-order valence-electron chi connectivity index (χ4n) is 3.11. The number of hydrogen-bond donors (Lipinski definition) is 1. The van der Waals surface area contributed by atoms with E-state index in [0.717, 1.165) is 21.3 Å². The molecule has 28 heavy (non-hydrogen) atoms. The zero-order valence-corrected chi connectivity index (χ0v) is 17.4. The summed E-state index contributed by atoms with van der Waals surface area (Å²) < 4.78 is 26.0.